The van der Waals surface area contributed by atoms with Crippen molar-refractivity contribution in [3.8, 4) is 0 Å². The number of anilines is 1. The van der Waals surface area contributed by atoms with E-state index >= 15 is 0 Å². The summed E-state index contributed by atoms with van der Waals surface area (Å²) < 4.78 is 1.36. The Bertz CT molecular complexity index is 1100. The van der Waals surface area contributed by atoms with Gasteiger partial charge in [0.1, 0.15) is 5.56 Å². The van der Waals surface area contributed by atoms with E-state index < -0.39 is 16.4 Å². The number of nitro groups is 1. The van der Waals surface area contributed by atoms with Crippen molar-refractivity contribution in [1.82, 2.24) is 4.57 Å². The molecule has 0 fully saturated rings. The number of hydrogen-bond donors (Lipinski definition) is 1. The van der Waals surface area contributed by atoms with Gasteiger partial charge in [-0.05, 0) is 48.2 Å². The highest BCUT2D eigenvalue weighted by Crippen LogP contribution is 2.15. The molecule has 1 aromatic heterocycles. The Morgan fingerprint density at radius 1 is 1.07 bits per heavy atom. The molecule has 3 aromatic rings. The maximum absolute atomic E-state index is 12.8. The lowest BCUT2D eigenvalue weighted by atomic mass is 10.1. The molecule has 1 amide bonds. The van der Waals surface area contributed by atoms with Crippen molar-refractivity contribution in [3.05, 3.63) is 104 Å². The van der Waals surface area contributed by atoms with Crippen LogP contribution in [0.5, 0.6) is 0 Å². The molecule has 154 valence electrons. The average molecular weight is 405 g/mol. The fraction of sp³-hybridized carbons (Fsp3) is 0.217. The Labute approximate surface area is 174 Å². The van der Waals surface area contributed by atoms with Crippen LogP contribution >= 0.6 is 0 Å². The van der Waals surface area contributed by atoms with Gasteiger partial charge in [0, 0.05) is 24.0 Å². The summed E-state index contributed by atoms with van der Waals surface area (Å²) in [6.45, 7) is 2.27. The summed E-state index contributed by atoms with van der Waals surface area (Å²) in [7, 11) is 0. The van der Waals surface area contributed by atoms with E-state index in [1.165, 1.54) is 28.3 Å². The number of non-ortho nitro benzene ring substituents is 1. The zero-order chi connectivity index (χ0) is 21.5. The van der Waals surface area contributed by atoms with Gasteiger partial charge < -0.3 is 9.88 Å². The molecule has 0 aliphatic carbocycles. The normalized spacial score (nSPS) is 10.6. The molecule has 0 bridgehead atoms. The molecule has 0 spiro atoms. The third-order valence-electron chi connectivity index (χ3n) is 4.77. The Morgan fingerprint density at radius 2 is 1.83 bits per heavy atom. The van der Waals surface area contributed by atoms with Crippen molar-refractivity contribution in [2.45, 2.75) is 32.7 Å². The van der Waals surface area contributed by atoms with Gasteiger partial charge >= 0.3 is 0 Å². The molecule has 30 heavy (non-hydrogen) atoms. The van der Waals surface area contributed by atoms with E-state index in [9.17, 15) is 19.7 Å². The van der Waals surface area contributed by atoms with Crippen molar-refractivity contribution >= 4 is 17.3 Å². The lowest BCUT2D eigenvalue weighted by Crippen LogP contribution is -2.29. The molecule has 7 nitrogen and oxygen atoms in total. The number of benzene rings is 2. The summed E-state index contributed by atoms with van der Waals surface area (Å²) in [6.07, 6.45) is 4.78. The van der Waals surface area contributed by atoms with Crippen LogP contribution in [0.1, 0.15) is 41.3 Å². The third-order valence-corrected chi connectivity index (χ3v) is 4.77. The molecule has 0 radical (unpaired) electrons. The van der Waals surface area contributed by atoms with Crippen molar-refractivity contribution in [2.24, 2.45) is 0 Å². The van der Waals surface area contributed by atoms with E-state index in [4.69, 9.17) is 0 Å². The van der Waals surface area contributed by atoms with E-state index in [2.05, 4.69) is 12.2 Å². The molecule has 0 unspecified atom stereocenters. The van der Waals surface area contributed by atoms with Crippen molar-refractivity contribution < 1.29 is 9.72 Å². The fourth-order valence-electron chi connectivity index (χ4n) is 3.13. The maximum atomic E-state index is 12.8. The van der Waals surface area contributed by atoms with Gasteiger partial charge in [-0.25, -0.2) is 0 Å². The zero-order valence-corrected chi connectivity index (χ0v) is 16.7. The number of hydrogen-bond acceptors (Lipinski definition) is 4. The van der Waals surface area contributed by atoms with Crippen LogP contribution in [-0.4, -0.2) is 15.4 Å². The van der Waals surface area contributed by atoms with Crippen molar-refractivity contribution in [1.29, 1.82) is 0 Å². The highest BCUT2D eigenvalue weighted by molar-refractivity contribution is 6.03. The first-order valence-electron chi connectivity index (χ1n) is 9.81. The molecule has 0 aliphatic rings. The monoisotopic (exact) mass is 405 g/mol. The first-order valence-corrected chi connectivity index (χ1v) is 9.81. The van der Waals surface area contributed by atoms with E-state index in [1.807, 2.05) is 24.3 Å². The summed E-state index contributed by atoms with van der Waals surface area (Å²) in [5.41, 5.74) is 1.94. The van der Waals surface area contributed by atoms with Gasteiger partial charge in [0.05, 0.1) is 11.5 Å². The number of amides is 1. The lowest BCUT2D eigenvalue weighted by molar-refractivity contribution is -0.384. The predicted molar refractivity (Wildman–Crippen MR) is 116 cm³/mol. The smallest absolute Gasteiger partial charge is 0.269 e. The van der Waals surface area contributed by atoms with Crippen LogP contribution in [0.2, 0.25) is 0 Å². The summed E-state index contributed by atoms with van der Waals surface area (Å²) in [5.74, 6) is -0.491. The van der Waals surface area contributed by atoms with Crippen LogP contribution in [0.15, 0.2) is 71.7 Å². The zero-order valence-electron chi connectivity index (χ0n) is 16.7. The first-order chi connectivity index (χ1) is 14.5. The number of rotatable bonds is 8. The Balaban J connectivity index is 1.75. The molecular formula is C23H23N3O4. The van der Waals surface area contributed by atoms with Crippen molar-refractivity contribution in [2.75, 3.05) is 5.32 Å². The number of aryl methyl sites for hydroxylation is 1. The van der Waals surface area contributed by atoms with Gasteiger partial charge in [-0.2, -0.15) is 0 Å². The highest BCUT2D eigenvalue weighted by Gasteiger charge is 2.13. The first kappa shape index (κ1) is 21.0. The molecule has 0 saturated carbocycles. The molecule has 0 atom stereocenters. The SMILES string of the molecule is CCCCc1ccc(NC(=O)c2cccn(Cc3cccc([N+](=O)[O-])c3)c2=O)cc1. The number of carbonyl (C=O) groups excluding carboxylic acids is 1. The van der Waals surface area contributed by atoms with Crippen LogP contribution < -0.4 is 10.9 Å². The predicted octanol–water partition coefficient (Wildman–Crippen LogP) is 4.40. The van der Waals surface area contributed by atoms with Gasteiger partial charge in [0.15, 0.2) is 0 Å². The van der Waals surface area contributed by atoms with Gasteiger partial charge in [0.25, 0.3) is 17.2 Å². The van der Waals surface area contributed by atoms with E-state index in [0.717, 1.165) is 19.3 Å². The van der Waals surface area contributed by atoms with E-state index in [-0.39, 0.29) is 17.8 Å². The van der Waals surface area contributed by atoms with E-state index in [0.29, 0.717) is 11.3 Å². The molecule has 1 N–H and O–H groups in total. The number of aromatic nitrogens is 1. The summed E-state index contributed by atoms with van der Waals surface area (Å²) >= 11 is 0. The number of carbonyl (C=O) groups is 1. The minimum atomic E-state index is -0.491. The second kappa shape index (κ2) is 9.65. The summed E-state index contributed by atoms with van der Waals surface area (Å²) in [6, 6.07) is 16.8. The standard InChI is InChI=1S/C23H23N3O4/c1-2-3-6-17-10-12-19(13-11-17)24-22(27)21-9-5-14-25(23(21)28)16-18-7-4-8-20(15-18)26(29)30/h4-5,7-15H,2-3,6,16H2,1H3,(H,24,27). The number of pyridine rings is 1. The van der Waals surface area contributed by atoms with Gasteiger partial charge in [0.2, 0.25) is 0 Å². The Kier molecular flexibility index (Phi) is 6.75. The fourth-order valence-corrected chi connectivity index (χ4v) is 3.13. The molecule has 0 saturated heterocycles. The summed E-state index contributed by atoms with van der Waals surface area (Å²) in [4.78, 5) is 35.9. The molecule has 0 aliphatic heterocycles. The van der Waals surface area contributed by atoms with Crippen LogP contribution in [0, 0.1) is 10.1 Å². The number of unbranched alkanes of at least 4 members (excludes halogenated alkanes) is 1. The lowest BCUT2D eigenvalue weighted by Gasteiger charge is -2.09. The third kappa shape index (κ3) is 5.20. The number of nitro benzene ring substituents is 1. The quantitative estimate of drug-likeness (QED) is 0.444. The second-order valence-electron chi connectivity index (χ2n) is 7.04. The van der Waals surface area contributed by atoms with E-state index in [1.54, 1.807) is 24.4 Å². The molecular weight excluding hydrogens is 382 g/mol. The molecule has 2 aromatic carbocycles. The van der Waals surface area contributed by atoms with Crippen molar-refractivity contribution in [3.63, 3.8) is 0 Å². The van der Waals surface area contributed by atoms with Crippen LogP contribution in [0.25, 0.3) is 0 Å². The van der Waals surface area contributed by atoms with Crippen LogP contribution in [-0.2, 0) is 13.0 Å². The Hall–Kier alpha value is -3.74. The highest BCUT2D eigenvalue weighted by atomic mass is 16.6. The Morgan fingerprint density at radius 3 is 2.53 bits per heavy atom. The topological polar surface area (TPSA) is 94.2 Å². The van der Waals surface area contributed by atoms with Gasteiger partial charge in [-0.15, -0.1) is 0 Å². The minimum Gasteiger partial charge on any atom is -0.322 e. The van der Waals surface area contributed by atoms with Crippen LogP contribution in [0.3, 0.4) is 0 Å². The summed E-state index contributed by atoms with van der Waals surface area (Å²) in [5, 5.41) is 13.7. The largest absolute Gasteiger partial charge is 0.322 e. The second-order valence-corrected chi connectivity index (χ2v) is 7.04. The number of nitrogens with one attached hydrogen (secondary N) is 1. The van der Waals surface area contributed by atoms with Crippen LogP contribution in [0.4, 0.5) is 11.4 Å². The molecule has 1 heterocycles. The van der Waals surface area contributed by atoms with Gasteiger partial charge in [-0.3, -0.25) is 19.7 Å². The minimum absolute atomic E-state index is 0.0120. The molecule has 3 rings (SSSR count). The van der Waals surface area contributed by atoms with Gasteiger partial charge in [-0.1, -0.05) is 37.6 Å². The molecule has 7 heteroatoms. The maximum Gasteiger partial charge on any atom is 0.269 e. The average Bonchev–Trinajstić information content (AvgIpc) is 2.75. The number of nitrogens with zero attached hydrogens (tertiary/aromatic N) is 2.